The molecule has 0 radical (unpaired) electrons. The average Bonchev–Trinajstić information content (AvgIpc) is 3.66. The quantitative estimate of drug-likeness (QED) is 0.154. The van der Waals surface area contributed by atoms with Gasteiger partial charge in [0.2, 0.25) is 0 Å². The van der Waals surface area contributed by atoms with Crippen LogP contribution >= 0.6 is 0 Å². The standard InChI is InChI=1S/2C28H40Si2.Pb/c2*1-27(2,3)29(7,8)21-25(23-17-13-11-14-18-23)26(24-19-15-12-16-20-24)22-30(9,10)28(4,5)6;/h2*11-20H,1-10H3;. The van der Waals surface area contributed by atoms with E-state index in [1.54, 1.807) is 22.3 Å². The molecule has 0 aliphatic carbocycles. The number of allylic oxidation sites excluding steroid dienone is 4. The van der Waals surface area contributed by atoms with E-state index in [1.165, 1.54) is 22.3 Å². The molecule has 61 heavy (non-hydrogen) atoms. The summed E-state index contributed by atoms with van der Waals surface area (Å²) in [5.74, 6) is 0. The van der Waals surface area contributed by atoms with Crippen molar-refractivity contribution in [3.63, 3.8) is 0 Å². The first kappa shape index (κ1) is 48.1. The van der Waals surface area contributed by atoms with Crippen molar-refractivity contribution >= 4 is 75.8 Å². The molecule has 0 fully saturated rings. The Balaban J connectivity index is 2.21. The molecule has 0 saturated heterocycles. The van der Waals surface area contributed by atoms with Crippen molar-refractivity contribution in [3.05, 3.63) is 155 Å². The summed E-state index contributed by atoms with van der Waals surface area (Å²) in [6, 6.07) is 47.6. The summed E-state index contributed by atoms with van der Waals surface area (Å²) in [7, 11) is -9.58. The third-order valence-electron chi connectivity index (χ3n) is 17.2. The molecule has 5 heteroatoms. The Morgan fingerprint density at radius 1 is 0.262 bits per heavy atom. The van der Waals surface area contributed by atoms with Crippen LogP contribution in [0.5, 0.6) is 0 Å². The fourth-order valence-electron chi connectivity index (χ4n) is 10.2. The SMILES string of the molecule is CC(C)(C)[Si](C)(C)[C]1=C(c2ccccc2)C(c2ccccc2)=[C]([Si](C)(C)C(C)(C)C)[Pb]12[C]([Si](C)(C)C(C)(C)C)=C(c1ccccc1)C(c1ccccc1)=[C]2[Si](C)(C)C(C)(C)C. The Morgan fingerprint density at radius 2 is 0.410 bits per heavy atom. The zero-order valence-electron chi connectivity index (χ0n) is 42.0. The maximum absolute atomic E-state index is 4.85. The Bertz CT molecular complexity index is 2050. The van der Waals surface area contributed by atoms with Crippen LogP contribution in [0, 0.1) is 0 Å². The molecule has 2 heterocycles. The van der Waals surface area contributed by atoms with Gasteiger partial charge in [-0.15, -0.1) is 0 Å². The van der Waals surface area contributed by atoms with Gasteiger partial charge in [-0.3, -0.25) is 0 Å². The summed E-state index contributed by atoms with van der Waals surface area (Å²) in [5, 5.41) is 0.443. The first-order valence-electron chi connectivity index (χ1n) is 23.1. The van der Waals surface area contributed by atoms with Gasteiger partial charge in [0, 0.05) is 0 Å². The monoisotopic (exact) mass is 1070 g/mol. The van der Waals surface area contributed by atoms with Crippen molar-refractivity contribution in [2.45, 2.75) is 156 Å². The summed E-state index contributed by atoms with van der Waals surface area (Å²) in [6.45, 7) is 54.2. The van der Waals surface area contributed by atoms with E-state index < -0.39 is 53.5 Å². The molecule has 0 atom stereocenters. The van der Waals surface area contributed by atoms with Crippen LogP contribution in [0.25, 0.3) is 22.3 Å². The molecule has 0 aromatic heterocycles. The van der Waals surface area contributed by atoms with Gasteiger partial charge >= 0.3 is 386 Å². The van der Waals surface area contributed by atoms with Gasteiger partial charge in [-0.2, -0.15) is 0 Å². The van der Waals surface area contributed by atoms with E-state index >= 15 is 0 Å². The second kappa shape index (κ2) is 16.0. The molecule has 2 aliphatic rings. The van der Waals surface area contributed by atoms with Gasteiger partial charge in [0.25, 0.3) is 0 Å². The number of rotatable bonds is 8. The van der Waals surface area contributed by atoms with Crippen LogP contribution in [0.3, 0.4) is 0 Å². The number of hydrogen-bond donors (Lipinski definition) is 0. The molecular formula is C56H80PbSi4. The van der Waals surface area contributed by atoms with Crippen molar-refractivity contribution in [3.8, 4) is 0 Å². The van der Waals surface area contributed by atoms with Gasteiger partial charge in [-0.05, 0) is 0 Å². The van der Waals surface area contributed by atoms with Gasteiger partial charge < -0.3 is 0 Å². The van der Waals surface area contributed by atoms with E-state index in [4.69, 9.17) is 0 Å². The third-order valence-corrected chi connectivity index (χ3v) is 96.1. The Morgan fingerprint density at radius 3 is 0.541 bits per heavy atom. The molecule has 0 saturated carbocycles. The molecule has 4 aromatic rings. The van der Waals surface area contributed by atoms with Crippen LogP contribution in [-0.4, -0.2) is 53.5 Å². The van der Waals surface area contributed by atoms with E-state index in [0.29, 0.717) is 0 Å². The van der Waals surface area contributed by atoms with Crippen LogP contribution in [0.15, 0.2) is 132 Å². The molecule has 6 rings (SSSR count). The molecule has 0 unspecified atom stereocenters. The van der Waals surface area contributed by atoms with Crippen LogP contribution in [0.4, 0.5) is 0 Å². The van der Waals surface area contributed by atoms with Gasteiger partial charge in [0.1, 0.15) is 0 Å². The zero-order chi connectivity index (χ0) is 45.6. The first-order chi connectivity index (χ1) is 27.9. The summed E-state index contributed by atoms with van der Waals surface area (Å²) in [6.07, 6.45) is 0. The molecule has 0 nitrogen and oxygen atoms in total. The van der Waals surface area contributed by atoms with Crippen LogP contribution in [0.1, 0.15) is 105 Å². The Labute approximate surface area is 382 Å². The van der Waals surface area contributed by atoms with E-state index in [1.807, 2.05) is 11.0 Å². The predicted molar refractivity (Wildman–Crippen MR) is 288 cm³/mol. The van der Waals surface area contributed by atoms with E-state index in [2.05, 4.69) is 257 Å². The number of hydrogen-bond acceptors (Lipinski definition) is 0. The summed E-state index contributed by atoms with van der Waals surface area (Å²) >= 11 is -4.85. The topological polar surface area (TPSA) is 0 Å². The Kier molecular flexibility index (Phi) is 12.6. The molecular weight excluding hydrogens is 992 g/mol. The summed E-state index contributed by atoms with van der Waals surface area (Å²) in [4.78, 5) is 0. The van der Waals surface area contributed by atoms with E-state index in [0.717, 1.165) is 0 Å². The summed E-state index contributed by atoms with van der Waals surface area (Å²) < 4.78 is 8.04. The minimum absolute atomic E-state index is 0.111. The predicted octanol–water partition coefficient (Wildman–Crippen LogP) is 17.6. The molecule has 0 N–H and O–H groups in total. The normalized spacial score (nSPS) is 17.4. The fourth-order valence-corrected chi connectivity index (χ4v) is 117. The van der Waals surface area contributed by atoms with E-state index in [9.17, 15) is 0 Å². The second-order valence-electron chi connectivity index (χ2n) is 24.7. The van der Waals surface area contributed by atoms with Gasteiger partial charge in [-0.25, -0.2) is 0 Å². The molecule has 324 valence electrons. The Hall–Kier alpha value is -2.37. The third kappa shape index (κ3) is 7.56. The molecule has 4 aromatic carbocycles. The van der Waals surface area contributed by atoms with Crippen molar-refractivity contribution < 1.29 is 0 Å². The molecule has 2 aliphatic heterocycles. The maximum atomic E-state index is 2.83. The van der Waals surface area contributed by atoms with Crippen LogP contribution in [-0.2, 0) is 0 Å². The van der Waals surface area contributed by atoms with Crippen molar-refractivity contribution in [1.82, 2.24) is 0 Å². The second-order valence-corrected chi connectivity index (χ2v) is 67.1. The molecule has 1 spiro atoms. The van der Waals surface area contributed by atoms with Crippen molar-refractivity contribution in [2.75, 3.05) is 0 Å². The molecule has 0 bridgehead atoms. The summed E-state index contributed by atoms with van der Waals surface area (Å²) in [5.41, 5.74) is 12.3. The van der Waals surface area contributed by atoms with Crippen molar-refractivity contribution in [2.24, 2.45) is 0 Å². The minimum atomic E-state index is -4.85. The first-order valence-corrected chi connectivity index (χ1v) is 42.9. The van der Waals surface area contributed by atoms with Crippen molar-refractivity contribution in [1.29, 1.82) is 0 Å². The zero-order valence-corrected chi connectivity index (χ0v) is 49.9. The van der Waals surface area contributed by atoms with Crippen LogP contribution in [0.2, 0.25) is 72.5 Å². The number of benzene rings is 4. The fraction of sp³-hybridized carbons (Fsp3) is 0.429. The van der Waals surface area contributed by atoms with Gasteiger partial charge in [0.15, 0.2) is 0 Å². The van der Waals surface area contributed by atoms with E-state index in [-0.39, 0.29) is 20.2 Å². The van der Waals surface area contributed by atoms with Gasteiger partial charge in [0.05, 0.1) is 0 Å². The van der Waals surface area contributed by atoms with Crippen LogP contribution < -0.4 is 0 Å². The van der Waals surface area contributed by atoms with Gasteiger partial charge in [-0.1, -0.05) is 0 Å². The molecule has 0 amide bonds. The average molecular weight is 1070 g/mol.